The van der Waals surface area contributed by atoms with Crippen molar-refractivity contribution in [3.8, 4) is 0 Å². The summed E-state index contributed by atoms with van der Waals surface area (Å²) in [4.78, 5) is 4.51. The molecule has 126 valence electrons. The molecule has 0 saturated carbocycles. The summed E-state index contributed by atoms with van der Waals surface area (Å²) in [6, 6.07) is 6.16. The summed E-state index contributed by atoms with van der Waals surface area (Å²) in [5.74, 6) is 1.46. The molecular weight excluding hydrogens is 278 g/mol. The highest BCUT2D eigenvalue weighted by Gasteiger charge is 2.18. The molecule has 1 aromatic rings. The van der Waals surface area contributed by atoms with Crippen molar-refractivity contribution in [2.75, 3.05) is 0 Å². The van der Waals surface area contributed by atoms with E-state index in [1.807, 2.05) is 12.3 Å². The molecule has 1 heteroatoms. The van der Waals surface area contributed by atoms with Crippen molar-refractivity contribution in [3.05, 3.63) is 60.0 Å². The maximum absolute atomic E-state index is 4.51. The van der Waals surface area contributed by atoms with Crippen LogP contribution in [-0.2, 0) is 0 Å². The van der Waals surface area contributed by atoms with Crippen LogP contribution in [0.5, 0.6) is 0 Å². The van der Waals surface area contributed by atoms with Gasteiger partial charge in [-0.1, -0.05) is 70.1 Å². The van der Waals surface area contributed by atoms with Crippen molar-refractivity contribution in [2.45, 2.75) is 60.3 Å². The summed E-state index contributed by atoms with van der Waals surface area (Å²) < 4.78 is 0. The SMILES string of the molecule is CC=CCC1CC=C(CC)C=C1c1ccccn1.CCC(C)C. The summed E-state index contributed by atoms with van der Waals surface area (Å²) in [6.07, 6.45) is 15.6. The minimum Gasteiger partial charge on any atom is -0.257 e. The van der Waals surface area contributed by atoms with E-state index in [4.69, 9.17) is 0 Å². The van der Waals surface area contributed by atoms with Crippen LogP contribution in [0.25, 0.3) is 5.57 Å². The largest absolute Gasteiger partial charge is 0.257 e. The second-order valence-electron chi connectivity index (χ2n) is 6.49. The van der Waals surface area contributed by atoms with E-state index in [1.54, 1.807) is 0 Å². The molecule has 2 rings (SSSR count). The number of pyridine rings is 1. The lowest BCUT2D eigenvalue weighted by molar-refractivity contribution is 0.626. The first kappa shape index (κ1) is 19.4. The van der Waals surface area contributed by atoms with E-state index in [9.17, 15) is 0 Å². The molecule has 1 atom stereocenters. The van der Waals surface area contributed by atoms with E-state index in [0.29, 0.717) is 5.92 Å². The van der Waals surface area contributed by atoms with Crippen LogP contribution in [0, 0.1) is 11.8 Å². The van der Waals surface area contributed by atoms with Crippen LogP contribution in [0.2, 0.25) is 0 Å². The molecule has 0 aliphatic heterocycles. The first-order valence-electron chi connectivity index (χ1n) is 9.05. The van der Waals surface area contributed by atoms with Crippen LogP contribution >= 0.6 is 0 Å². The highest BCUT2D eigenvalue weighted by molar-refractivity contribution is 5.69. The van der Waals surface area contributed by atoms with E-state index in [0.717, 1.165) is 30.9 Å². The molecule has 1 heterocycles. The number of nitrogens with zero attached hydrogens (tertiary/aromatic N) is 1. The van der Waals surface area contributed by atoms with Crippen molar-refractivity contribution >= 4 is 5.57 Å². The molecule has 0 bridgehead atoms. The molecule has 0 radical (unpaired) electrons. The van der Waals surface area contributed by atoms with Crippen LogP contribution in [-0.4, -0.2) is 4.98 Å². The Morgan fingerprint density at radius 2 is 2.00 bits per heavy atom. The quantitative estimate of drug-likeness (QED) is 0.542. The highest BCUT2D eigenvalue weighted by atomic mass is 14.7. The van der Waals surface area contributed by atoms with E-state index in [-0.39, 0.29) is 0 Å². The Kier molecular flexibility index (Phi) is 9.28. The molecule has 0 aromatic carbocycles. The number of aromatic nitrogens is 1. The van der Waals surface area contributed by atoms with Crippen LogP contribution in [0.4, 0.5) is 0 Å². The third-order valence-corrected chi connectivity index (χ3v) is 4.29. The van der Waals surface area contributed by atoms with E-state index in [2.05, 4.69) is 76.0 Å². The fraction of sp³-hybridized carbons (Fsp3) is 0.500. The third kappa shape index (κ3) is 6.99. The fourth-order valence-electron chi connectivity index (χ4n) is 2.38. The van der Waals surface area contributed by atoms with Crippen molar-refractivity contribution in [1.29, 1.82) is 0 Å². The minimum absolute atomic E-state index is 0.575. The van der Waals surface area contributed by atoms with Crippen LogP contribution < -0.4 is 0 Å². The lowest BCUT2D eigenvalue weighted by atomic mass is 9.83. The summed E-state index contributed by atoms with van der Waals surface area (Å²) in [6.45, 7) is 10.9. The van der Waals surface area contributed by atoms with Crippen molar-refractivity contribution in [2.24, 2.45) is 11.8 Å². The van der Waals surface area contributed by atoms with Gasteiger partial charge in [0, 0.05) is 6.20 Å². The van der Waals surface area contributed by atoms with Gasteiger partial charge in [-0.2, -0.15) is 0 Å². The molecule has 1 aliphatic carbocycles. The summed E-state index contributed by atoms with van der Waals surface area (Å²) in [7, 11) is 0. The van der Waals surface area contributed by atoms with Gasteiger partial charge in [0.1, 0.15) is 0 Å². The first-order chi connectivity index (χ1) is 11.1. The Morgan fingerprint density at radius 1 is 1.26 bits per heavy atom. The maximum atomic E-state index is 4.51. The molecule has 0 spiro atoms. The van der Waals surface area contributed by atoms with Gasteiger partial charge in [0.15, 0.2) is 0 Å². The average Bonchev–Trinajstić information content (AvgIpc) is 2.61. The Hall–Kier alpha value is -1.63. The van der Waals surface area contributed by atoms with Gasteiger partial charge in [-0.05, 0) is 55.7 Å². The predicted octanol–water partition coefficient (Wildman–Crippen LogP) is 6.84. The number of rotatable bonds is 5. The standard InChI is InChI=1S/C17H21N.C5H12/c1-3-5-8-15-11-10-14(4-2)13-16(15)17-9-6-7-12-18-17;1-4-5(2)3/h3,5-7,9-10,12-13,15H,4,8,11H2,1-2H3;5H,4H2,1-3H3. The summed E-state index contributed by atoms with van der Waals surface area (Å²) >= 11 is 0. The highest BCUT2D eigenvalue weighted by Crippen LogP contribution is 2.34. The van der Waals surface area contributed by atoms with Gasteiger partial charge in [0.05, 0.1) is 5.69 Å². The zero-order valence-electron chi connectivity index (χ0n) is 15.5. The molecule has 0 fully saturated rings. The zero-order valence-corrected chi connectivity index (χ0v) is 15.5. The van der Waals surface area contributed by atoms with Crippen LogP contribution in [0.3, 0.4) is 0 Å². The van der Waals surface area contributed by atoms with Gasteiger partial charge in [0.25, 0.3) is 0 Å². The second-order valence-corrected chi connectivity index (χ2v) is 6.49. The summed E-state index contributed by atoms with van der Waals surface area (Å²) in [5.41, 5.74) is 3.96. The molecule has 1 nitrogen and oxygen atoms in total. The molecule has 0 saturated heterocycles. The minimum atomic E-state index is 0.575. The normalized spacial score (nSPS) is 17.6. The Balaban J connectivity index is 0.000000463. The number of hydrogen-bond acceptors (Lipinski definition) is 1. The monoisotopic (exact) mass is 311 g/mol. The number of allylic oxidation sites excluding steroid dienone is 6. The van der Waals surface area contributed by atoms with Crippen LogP contribution in [0.1, 0.15) is 66.0 Å². The van der Waals surface area contributed by atoms with Crippen molar-refractivity contribution in [1.82, 2.24) is 4.98 Å². The van der Waals surface area contributed by atoms with Crippen molar-refractivity contribution in [3.63, 3.8) is 0 Å². The Bertz CT molecular complexity index is 520. The lowest BCUT2D eigenvalue weighted by Crippen LogP contribution is -2.07. The van der Waals surface area contributed by atoms with Gasteiger partial charge in [-0.3, -0.25) is 4.98 Å². The number of hydrogen-bond donors (Lipinski definition) is 0. The fourth-order valence-corrected chi connectivity index (χ4v) is 2.38. The molecule has 1 aliphatic rings. The van der Waals surface area contributed by atoms with Gasteiger partial charge in [-0.25, -0.2) is 0 Å². The molecule has 0 amide bonds. The Morgan fingerprint density at radius 3 is 2.52 bits per heavy atom. The topological polar surface area (TPSA) is 12.9 Å². The van der Waals surface area contributed by atoms with E-state index in [1.165, 1.54) is 17.6 Å². The van der Waals surface area contributed by atoms with Crippen molar-refractivity contribution < 1.29 is 0 Å². The van der Waals surface area contributed by atoms with E-state index >= 15 is 0 Å². The molecule has 23 heavy (non-hydrogen) atoms. The molecule has 1 aromatic heterocycles. The molecule has 1 unspecified atom stereocenters. The predicted molar refractivity (Wildman–Crippen MR) is 103 cm³/mol. The van der Waals surface area contributed by atoms with Gasteiger partial charge in [-0.15, -0.1) is 0 Å². The van der Waals surface area contributed by atoms with Crippen LogP contribution in [0.15, 0.2) is 54.3 Å². The molecule has 0 N–H and O–H groups in total. The van der Waals surface area contributed by atoms with Gasteiger partial charge < -0.3 is 0 Å². The van der Waals surface area contributed by atoms with Gasteiger partial charge >= 0.3 is 0 Å². The average molecular weight is 312 g/mol. The zero-order chi connectivity index (χ0) is 17.1. The second kappa shape index (κ2) is 11.0. The van der Waals surface area contributed by atoms with E-state index < -0.39 is 0 Å². The molecular formula is C22H33N. The smallest absolute Gasteiger partial charge is 0.0664 e. The Labute approximate surface area is 143 Å². The maximum Gasteiger partial charge on any atom is 0.0664 e. The first-order valence-corrected chi connectivity index (χ1v) is 9.05. The lowest BCUT2D eigenvalue weighted by Gasteiger charge is -2.22. The van der Waals surface area contributed by atoms with Gasteiger partial charge in [0.2, 0.25) is 0 Å². The summed E-state index contributed by atoms with van der Waals surface area (Å²) in [5, 5.41) is 0. The third-order valence-electron chi connectivity index (χ3n) is 4.29.